The molecule has 3 rings (SSSR count). The molecule has 0 aliphatic heterocycles. The van der Waals surface area contributed by atoms with Crippen LogP contribution in [0.4, 0.5) is 5.69 Å². The van der Waals surface area contributed by atoms with Gasteiger partial charge in [-0.25, -0.2) is 17.7 Å². The predicted molar refractivity (Wildman–Crippen MR) is 116 cm³/mol. The van der Waals surface area contributed by atoms with Crippen molar-refractivity contribution in [1.29, 1.82) is 0 Å². The van der Waals surface area contributed by atoms with Crippen LogP contribution in [0.5, 0.6) is 0 Å². The predicted octanol–water partition coefficient (Wildman–Crippen LogP) is 3.78. The second-order valence-electron chi connectivity index (χ2n) is 7.30. The maximum atomic E-state index is 12.4. The number of nitrogens with zero attached hydrogens (tertiary/aromatic N) is 2. The van der Waals surface area contributed by atoms with E-state index in [-0.39, 0.29) is 17.2 Å². The quantitative estimate of drug-likeness (QED) is 0.619. The molecule has 0 saturated carbocycles. The molecule has 0 aliphatic rings. The number of nitrogens with one attached hydrogen (secondary N) is 1. The topological polar surface area (TPSA) is 92.5 Å². The molecule has 2 aromatic carbocycles. The summed E-state index contributed by atoms with van der Waals surface area (Å²) >= 11 is 0. The fourth-order valence-electron chi connectivity index (χ4n) is 2.87. The summed E-state index contributed by atoms with van der Waals surface area (Å²) in [6.45, 7) is 3.73. The monoisotopic (exact) mass is 427 g/mol. The van der Waals surface area contributed by atoms with E-state index in [9.17, 15) is 13.2 Å². The first-order valence-corrected chi connectivity index (χ1v) is 11.0. The van der Waals surface area contributed by atoms with Gasteiger partial charge in [0.05, 0.1) is 11.1 Å². The molecule has 0 bridgehead atoms. The van der Waals surface area contributed by atoms with Gasteiger partial charge in [0.15, 0.2) is 11.7 Å². The van der Waals surface area contributed by atoms with Gasteiger partial charge in [-0.3, -0.25) is 4.79 Å². The molecular weight excluding hydrogens is 402 g/mol. The minimum Gasteiger partial charge on any atom is -0.441 e. The van der Waals surface area contributed by atoms with Gasteiger partial charge in [-0.2, -0.15) is 0 Å². The zero-order valence-corrected chi connectivity index (χ0v) is 18.3. The fourth-order valence-corrected chi connectivity index (χ4v) is 4.02. The molecule has 1 amide bonds. The van der Waals surface area contributed by atoms with E-state index in [2.05, 4.69) is 10.3 Å². The summed E-state index contributed by atoms with van der Waals surface area (Å²) in [5.74, 6) is 0.880. The van der Waals surface area contributed by atoms with E-state index in [4.69, 9.17) is 4.42 Å². The molecule has 0 aliphatic carbocycles. The van der Waals surface area contributed by atoms with Gasteiger partial charge < -0.3 is 9.73 Å². The van der Waals surface area contributed by atoms with E-state index in [1.54, 1.807) is 25.3 Å². The molecule has 8 heteroatoms. The lowest BCUT2D eigenvalue weighted by Crippen LogP contribution is -2.23. The van der Waals surface area contributed by atoms with Crippen LogP contribution in [0.25, 0.3) is 11.3 Å². The molecule has 1 heterocycles. The van der Waals surface area contributed by atoms with E-state index in [1.165, 1.54) is 20.2 Å². The molecule has 1 N–H and O–H groups in total. The number of anilines is 1. The van der Waals surface area contributed by atoms with Crippen LogP contribution in [-0.4, -0.2) is 37.7 Å². The van der Waals surface area contributed by atoms with Crippen molar-refractivity contribution < 1.29 is 17.6 Å². The molecule has 0 unspecified atom stereocenters. The largest absolute Gasteiger partial charge is 0.441 e. The van der Waals surface area contributed by atoms with Gasteiger partial charge in [-0.1, -0.05) is 35.9 Å². The molecule has 7 nitrogen and oxygen atoms in total. The molecule has 0 fully saturated rings. The third-order valence-corrected chi connectivity index (χ3v) is 6.64. The summed E-state index contributed by atoms with van der Waals surface area (Å²) in [6, 6.07) is 12.8. The van der Waals surface area contributed by atoms with E-state index < -0.39 is 10.0 Å². The number of amides is 1. The second-order valence-corrected chi connectivity index (χ2v) is 9.42. The SMILES string of the molecule is Cc1ccc(-c2cnc(CCC(=O)Nc3ccc(C)c(S(=O)(=O)N(C)C)c3)o2)cc1. The van der Waals surface area contributed by atoms with Crippen LogP contribution in [0, 0.1) is 13.8 Å². The molecule has 0 spiro atoms. The lowest BCUT2D eigenvalue weighted by molar-refractivity contribution is -0.116. The number of carbonyl (C=O) groups is 1. The zero-order valence-electron chi connectivity index (χ0n) is 17.5. The highest BCUT2D eigenvalue weighted by Crippen LogP contribution is 2.23. The number of benzene rings is 2. The smallest absolute Gasteiger partial charge is 0.242 e. The standard InChI is InChI=1S/C22H25N3O4S/c1-15-5-8-17(9-6-15)19-14-23-22(29-19)12-11-21(26)24-18-10-7-16(2)20(13-18)30(27,28)25(3)4/h5-10,13-14H,11-12H2,1-4H3,(H,24,26). The fraction of sp³-hybridized carbons (Fsp3) is 0.273. The highest BCUT2D eigenvalue weighted by atomic mass is 32.2. The first-order valence-electron chi connectivity index (χ1n) is 9.51. The van der Waals surface area contributed by atoms with Gasteiger partial charge >= 0.3 is 0 Å². The first-order chi connectivity index (χ1) is 14.2. The summed E-state index contributed by atoms with van der Waals surface area (Å²) in [5, 5.41) is 2.74. The van der Waals surface area contributed by atoms with Gasteiger partial charge in [0.1, 0.15) is 0 Å². The average molecular weight is 428 g/mol. The highest BCUT2D eigenvalue weighted by molar-refractivity contribution is 7.89. The van der Waals surface area contributed by atoms with Crippen LogP contribution in [0.2, 0.25) is 0 Å². The van der Waals surface area contributed by atoms with Crippen molar-refractivity contribution in [2.75, 3.05) is 19.4 Å². The maximum absolute atomic E-state index is 12.4. The first kappa shape index (κ1) is 21.7. The van der Waals surface area contributed by atoms with Crippen LogP contribution in [0.3, 0.4) is 0 Å². The number of hydrogen-bond donors (Lipinski definition) is 1. The number of oxazole rings is 1. The minimum atomic E-state index is -3.59. The van der Waals surface area contributed by atoms with Crippen LogP contribution in [0.15, 0.2) is 58.0 Å². The van der Waals surface area contributed by atoms with Crippen molar-refractivity contribution in [2.24, 2.45) is 0 Å². The number of aryl methyl sites for hydroxylation is 3. The summed E-state index contributed by atoms with van der Waals surface area (Å²) < 4.78 is 31.8. The Morgan fingerprint density at radius 3 is 2.47 bits per heavy atom. The number of carbonyl (C=O) groups excluding carboxylic acids is 1. The van der Waals surface area contributed by atoms with Gasteiger partial charge in [0.2, 0.25) is 15.9 Å². The molecule has 158 valence electrons. The highest BCUT2D eigenvalue weighted by Gasteiger charge is 2.20. The minimum absolute atomic E-state index is 0.164. The van der Waals surface area contributed by atoms with Crippen molar-refractivity contribution >= 4 is 21.6 Å². The maximum Gasteiger partial charge on any atom is 0.242 e. The average Bonchev–Trinajstić information content (AvgIpc) is 3.17. The van der Waals surface area contributed by atoms with Crippen LogP contribution >= 0.6 is 0 Å². The lowest BCUT2D eigenvalue weighted by atomic mass is 10.1. The van der Waals surface area contributed by atoms with Crippen molar-refractivity contribution in [3.05, 3.63) is 65.7 Å². The number of sulfonamides is 1. The molecule has 3 aromatic rings. The van der Waals surface area contributed by atoms with E-state index >= 15 is 0 Å². The number of aromatic nitrogens is 1. The summed E-state index contributed by atoms with van der Waals surface area (Å²) in [4.78, 5) is 16.7. The van der Waals surface area contributed by atoms with Crippen molar-refractivity contribution in [3.8, 4) is 11.3 Å². The molecule has 0 atom stereocenters. The van der Waals surface area contributed by atoms with Crippen LogP contribution in [0.1, 0.15) is 23.4 Å². The summed E-state index contributed by atoms with van der Waals surface area (Å²) in [7, 11) is -0.644. The van der Waals surface area contributed by atoms with E-state index in [0.29, 0.717) is 29.3 Å². The Morgan fingerprint density at radius 1 is 1.10 bits per heavy atom. The Hall–Kier alpha value is -2.97. The molecule has 1 aromatic heterocycles. The Bertz CT molecular complexity index is 1150. The summed E-state index contributed by atoms with van der Waals surface area (Å²) in [5.41, 5.74) is 3.13. The molecule has 0 radical (unpaired) electrons. The Kier molecular flexibility index (Phi) is 6.38. The van der Waals surface area contributed by atoms with E-state index in [0.717, 1.165) is 15.4 Å². The van der Waals surface area contributed by atoms with Crippen molar-refractivity contribution in [1.82, 2.24) is 9.29 Å². The third kappa shape index (κ3) is 4.95. The van der Waals surface area contributed by atoms with Gasteiger partial charge in [-0.15, -0.1) is 0 Å². The van der Waals surface area contributed by atoms with Crippen LogP contribution in [-0.2, 0) is 21.2 Å². The number of rotatable bonds is 7. The Labute approximate surface area is 176 Å². The third-order valence-electron chi connectivity index (χ3n) is 4.69. The second kappa shape index (κ2) is 8.81. The van der Waals surface area contributed by atoms with Crippen molar-refractivity contribution in [3.63, 3.8) is 0 Å². The number of hydrogen-bond acceptors (Lipinski definition) is 5. The van der Waals surface area contributed by atoms with Crippen LogP contribution < -0.4 is 5.32 Å². The Balaban J connectivity index is 1.64. The molecule has 30 heavy (non-hydrogen) atoms. The van der Waals surface area contributed by atoms with E-state index in [1.807, 2.05) is 31.2 Å². The summed E-state index contributed by atoms with van der Waals surface area (Å²) in [6.07, 6.45) is 2.15. The molecular formula is C22H25N3O4S. The van der Waals surface area contributed by atoms with Gasteiger partial charge in [0.25, 0.3) is 0 Å². The van der Waals surface area contributed by atoms with Crippen molar-refractivity contribution in [2.45, 2.75) is 31.6 Å². The van der Waals surface area contributed by atoms with Gasteiger partial charge in [-0.05, 0) is 31.5 Å². The zero-order chi connectivity index (χ0) is 21.9. The van der Waals surface area contributed by atoms with Gasteiger partial charge in [0, 0.05) is 38.2 Å². The molecule has 0 saturated heterocycles. The normalized spacial score (nSPS) is 11.6. The lowest BCUT2D eigenvalue weighted by Gasteiger charge is -2.15. The Morgan fingerprint density at radius 2 is 1.80 bits per heavy atom.